The average Bonchev–Trinajstić information content (AvgIpc) is 3.05. The highest BCUT2D eigenvalue weighted by molar-refractivity contribution is 7.90. The van der Waals surface area contributed by atoms with E-state index in [1.54, 1.807) is 17.5 Å². The fraction of sp³-hybridized carbons (Fsp3) is 0.417. The zero-order chi connectivity index (χ0) is 15.6. The lowest BCUT2D eigenvalue weighted by atomic mass is 10.0. The Morgan fingerprint density at radius 2 is 2.10 bits per heavy atom. The summed E-state index contributed by atoms with van der Waals surface area (Å²) in [5, 5.41) is 11.4. The zero-order valence-corrected chi connectivity index (χ0v) is 13.4. The molecule has 1 amide bonds. The van der Waals surface area contributed by atoms with Crippen LogP contribution in [0.5, 0.6) is 0 Å². The monoisotopic (exact) mass is 329 g/mol. The quantitative estimate of drug-likeness (QED) is 0.895. The van der Waals surface area contributed by atoms with Crippen LogP contribution in [-0.4, -0.2) is 30.8 Å². The fourth-order valence-electron chi connectivity index (χ4n) is 1.63. The van der Waals surface area contributed by atoms with E-state index in [4.69, 9.17) is 4.42 Å². The number of sulfone groups is 1. The molecule has 0 radical (unpaired) electrons. The van der Waals surface area contributed by atoms with E-state index in [1.165, 1.54) is 11.3 Å². The predicted octanol–water partition coefficient (Wildman–Crippen LogP) is 1.66. The summed E-state index contributed by atoms with van der Waals surface area (Å²) < 4.78 is 27.9. The molecule has 2 aromatic heterocycles. The maximum atomic E-state index is 12.1. The van der Waals surface area contributed by atoms with Gasteiger partial charge in [-0.05, 0) is 17.4 Å². The Hall–Kier alpha value is -1.74. The van der Waals surface area contributed by atoms with E-state index in [2.05, 4.69) is 15.5 Å². The van der Waals surface area contributed by atoms with Crippen molar-refractivity contribution in [2.75, 3.05) is 6.26 Å². The third kappa shape index (κ3) is 3.67. The van der Waals surface area contributed by atoms with Crippen LogP contribution in [-0.2, 0) is 9.84 Å². The van der Waals surface area contributed by atoms with Gasteiger partial charge in [0.2, 0.25) is 15.7 Å². The fourth-order valence-corrected chi connectivity index (χ4v) is 2.68. The van der Waals surface area contributed by atoms with E-state index in [0.29, 0.717) is 4.88 Å². The maximum absolute atomic E-state index is 12.1. The molecule has 0 aliphatic heterocycles. The Kier molecular flexibility index (Phi) is 4.43. The number of hydrogen-bond acceptors (Lipinski definition) is 7. The van der Waals surface area contributed by atoms with Crippen molar-refractivity contribution in [2.24, 2.45) is 5.92 Å². The molecule has 0 unspecified atom stereocenters. The van der Waals surface area contributed by atoms with Crippen molar-refractivity contribution in [3.63, 3.8) is 0 Å². The van der Waals surface area contributed by atoms with Crippen LogP contribution >= 0.6 is 11.3 Å². The van der Waals surface area contributed by atoms with Gasteiger partial charge in [-0.2, -0.15) is 0 Å². The molecular weight excluding hydrogens is 314 g/mol. The molecule has 0 spiro atoms. The Labute approximate surface area is 126 Å². The van der Waals surface area contributed by atoms with E-state index < -0.39 is 21.1 Å². The zero-order valence-electron chi connectivity index (χ0n) is 11.7. The van der Waals surface area contributed by atoms with Gasteiger partial charge in [0, 0.05) is 6.26 Å². The highest BCUT2D eigenvalue weighted by atomic mass is 32.2. The molecule has 2 aromatic rings. The first-order chi connectivity index (χ1) is 9.79. The molecule has 0 fully saturated rings. The minimum absolute atomic E-state index is 0.0400. The molecule has 21 heavy (non-hydrogen) atoms. The number of rotatable bonds is 5. The van der Waals surface area contributed by atoms with Crippen LogP contribution in [0.3, 0.4) is 0 Å². The number of carbonyl (C=O) groups is 1. The topological polar surface area (TPSA) is 102 Å². The molecule has 0 bridgehead atoms. The highest BCUT2D eigenvalue weighted by Gasteiger charge is 2.27. The molecule has 0 aliphatic carbocycles. The molecule has 1 N–H and O–H groups in total. The van der Waals surface area contributed by atoms with Crippen LogP contribution in [0.4, 0.5) is 0 Å². The Balaban J connectivity index is 2.24. The first-order valence-electron chi connectivity index (χ1n) is 6.17. The van der Waals surface area contributed by atoms with Gasteiger partial charge in [-0.25, -0.2) is 8.42 Å². The molecule has 2 heterocycles. The smallest absolute Gasteiger partial charge is 0.335 e. The van der Waals surface area contributed by atoms with Crippen molar-refractivity contribution in [3.05, 3.63) is 28.3 Å². The summed E-state index contributed by atoms with van der Waals surface area (Å²) in [5.41, 5.74) is 0. The van der Waals surface area contributed by atoms with Crippen molar-refractivity contribution in [2.45, 2.75) is 25.1 Å². The summed E-state index contributed by atoms with van der Waals surface area (Å²) in [6, 6.07) is 2.92. The SMILES string of the molecule is CC(C)[C@H](NC(=O)c1cccs1)c1nnc(S(C)(=O)=O)o1. The van der Waals surface area contributed by atoms with E-state index >= 15 is 0 Å². The third-order valence-corrected chi connectivity index (χ3v) is 4.37. The van der Waals surface area contributed by atoms with Crippen molar-refractivity contribution in [3.8, 4) is 0 Å². The summed E-state index contributed by atoms with van der Waals surface area (Å²) in [4.78, 5) is 12.6. The second kappa shape index (κ2) is 5.94. The van der Waals surface area contributed by atoms with E-state index in [1.807, 2.05) is 13.8 Å². The Bertz CT molecular complexity index is 720. The summed E-state index contributed by atoms with van der Waals surface area (Å²) in [7, 11) is -3.56. The number of nitrogens with one attached hydrogen (secondary N) is 1. The average molecular weight is 329 g/mol. The van der Waals surface area contributed by atoms with Gasteiger partial charge < -0.3 is 9.73 Å². The van der Waals surface area contributed by atoms with Crippen LogP contribution in [0.2, 0.25) is 0 Å². The lowest BCUT2D eigenvalue weighted by Gasteiger charge is -2.18. The maximum Gasteiger partial charge on any atom is 0.335 e. The molecule has 9 heteroatoms. The van der Waals surface area contributed by atoms with Gasteiger partial charge in [-0.1, -0.05) is 25.0 Å². The van der Waals surface area contributed by atoms with E-state index in [0.717, 1.165) is 6.26 Å². The molecule has 2 rings (SSSR count). The number of thiophene rings is 1. The molecule has 0 saturated heterocycles. The Morgan fingerprint density at radius 3 is 2.57 bits per heavy atom. The number of nitrogens with zero attached hydrogens (tertiary/aromatic N) is 2. The number of amides is 1. The second-order valence-electron chi connectivity index (χ2n) is 4.85. The van der Waals surface area contributed by atoms with Crippen LogP contribution in [0.15, 0.2) is 27.2 Å². The first-order valence-corrected chi connectivity index (χ1v) is 8.94. The number of hydrogen-bond donors (Lipinski definition) is 1. The molecule has 7 nitrogen and oxygen atoms in total. The minimum Gasteiger partial charge on any atom is -0.410 e. The van der Waals surface area contributed by atoms with Crippen LogP contribution in [0.1, 0.15) is 35.5 Å². The van der Waals surface area contributed by atoms with Crippen LogP contribution in [0.25, 0.3) is 0 Å². The summed E-state index contributed by atoms with van der Waals surface area (Å²) in [6.45, 7) is 3.73. The van der Waals surface area contributed by atoms with Crippen molar-refractivity contribution >= 4 is 27.1 Å². The molecular formula is C12H15N3O4S2. The summed E-state index contributed by atoms with van der Waals surface area (Å²) in [5.74, 6) is -0.222. The predicted molar refractivity (Wildman–Crippen MR) is 76.8 cm³/mol. The van der Waals surface area contributed by atoms with Crippen molar-refractivity contribution in [1.29, 1.82) is 0 Å². The number of carbonyl (C=O) groups excluding carboxylic acids is 1. The summed E-state index contributed by atoms with van der Waals surface area (Å²) in [6.07, 6.45) is 0.985. The lowest BCUT2D eigenvalue weighted by Crippen LogP contribution is -2.31. The first kappa shape index (κ1) is 15.6. The van der Waals surface area contributed by atoms with Gasteiger partial charge in [-0.3, -0.25) is 4.79 Å². The van der Waals surface area contributed by atoms with Gasteiger partial charge in [0.25, 0.3) is 5.91 Å². The molecule has 1 atom stereocenters. The third-order valence-electron chi connectivity index (χ3n) is 2.70. The van der Waals surface area contributed by atoms with Gasteiger partial charge in [0.1, 0.15) is 6.04 Å². The minimum atomic E-state index is -3.56. The molecule has 114 valence electrons. The highest BCUT2D eigenvalue weighted by Crippen LogP contribution is 2.23. The molecule has 0 aliphatic rings. The standard InChI is InChI=1S/C12H15N3O4S2/c1-7(2)9(13-10(16)8-5-4-6-20-8)11-14-15-12(19-11)21(3,17)18/h4-7,9H,1-3H3,(H,13,16)/t9-/m0/s1. The van der Waals surface area contributed by atoms with E-state index in [-0.39, 0.29) is 17.7 Å². The van der Waals surface area contributed by atoms with Crippen molar-refractivity contribution < 1.29 is 17.6 Å². The van der Waals surface area contributed by atoms with Gasteiger partial charge in [0.05, 0.1) is 4.88 Å². The van der Waals surface area contributed by atoms with E-state index in [9.17, 15) is 13.2 Å². The second-order valence-corrected chi connectivity index (χ2v) is 7.69. The van der Waals surface area contributed by atoms with Crippen LogP contribution < -0.4 is 5.32 Å². The largest absolute Gasteiger partial charge is 0.410 e. The van der Waals surface area contributed by atoms with Gasteiger partial charge in [-0.15, -0.1) is 16.4 Å². The lowest BCUT2D eigenvalue weighted by molar-refractivity contribution is 0.0919. The number of aromatic nitrogens is 2. The summed E-state index contributed by atoms with van der Waals surface area (Å²) >= 11 is 1.31. The van der Waals surface area contributed by atoms with Crippen LogP contribution in [0, 0.1) is 5.92 Å². The normalized spacial score (nSPS) is 13.3. The molecule has 0 aromatic carbocycles. The van der Waals surface area contributed by atoms with Crippen molar-refractivity contribution in [1.82, 2.24) is 15.5 Å². The Morgan fingerprint density at radius 1 is 1.38 bits per heavy atom. The van der Waals surface area contributed by atoms with Gasteiger partial charge >= 0.3 is 5.22 Å². The molecule has 0 saturated carbocycles. The van der Waals surface area contributed by atoms with Gasteiger partial charge in [0.15, 0.2) is 0 Å².